The quantitative estimate of drug-likeness (QED) is 0.477. The molecule has 0 fully saturated rings. The van der Waals surface area contributed by atoms with Crippen LogP contribution in [-0.4, -0.2) is 41.2 Å². The number of hydrogen-bond acceptors (Lipinski definition) is 7. The number of rotatable bonds is 6. The van der Waals surface area contributed by atoms with Gasteiger partial charge in [-0.1, -0.05) is 35.9 Å². The van der Waals surface area contributed by atoms with Gasteiger partial charge in [0.25, 0.3) is 10.1 Å². The van der Waals surface area contributed by atoms with E-state index in [-0.39, 0.29) is 17.1 Å². The summed E-state index contributed by atoms with van der Waals surface area (Å²) in [4.78, 5) is -0.162. The second-order valence-electron chi connectivity index (χ2n) is 6.55. The van der Waals surface area contributed by atoms with Gasteiger partial charge in [-0.2, -0.15) is 30.0 Å². The minimum atomic E-state index is -5.93. The predicted molar refractivity (Wildman–Crippen MR) is 98.7 cm³/mol. The van der Waals surface area contributed by atoms with Gasteiger partial charge in [0.2, 0.25) is 0 Å². The van der Waals surface area contributed by atoms with Crippen molar-refractivity contribution in [3.8, 4) is 5.75 Å². The van der Waals surface area contributed by atoms with Crippen LogP contribution in [0.4, 0.5) is 13.2 Å². The lowest BCUT2D eigenvalue weighted by atomic mass is 10.00. The summed E-state index contributed by atoms with van der Waals surface area (Å²) >= 11 is 0. The summed E-state index contributed by atoms with van der Waals surface area (Å²) in [5.41, 5.74) is -4.41. The van der Waals surface area contributed by atoms with Crippen molar-refractivity contribution in [1.29, 1.82) is 0 Å². The maximum Gasteiger partial charge on any atom is 0.523 e. The van der Waals surface area contributed by atoms with Gasteiger partial charge in [-0.3, -0.25) is 8.37 Å². The lowest BCUT2D eigenvalue weighted by molar-refractivity contribution is -0.0654. The van der Waals surface area contributed by atoms with Crippen LogP contribution < -0.4 is 4.74 Å². The van der Waals surface area contributed by atoms with Gasteiger partial charge < -0.3 is 4.74 Å². The topological polar surface area (TPSA) is 96.0 Å². The Kier molecular flexibility index (Phi) is 6.14. The molecule has 3 rings (SSSR count). The van der Waals surface area contributed by atoms with Gasteiger partial charge in [-0.15, -0.1) is 0 Å². The van der Waals surface area contributed by atoms with Crippen LogP contribution in [0.3, 0.4) is 0 Å². The van der Waals surface area contributed by atoms with E-state index < -0.39 is 44.6 Å². The SMILES string of the molecule is Cc1ccc(S(=O)(=O)OC[C@@H]2Oc3ccccc3C[C@@H]2OS(=O)(=O)C(F)(F)F)cc1. The Morgan fingerprint density at radius 3 is 2.30 bits per heavy atom. The van der Waals surface area contributed by atoms with Crippen molar-refractivity contribution in [3.63, 3.8) is 0 Å². The second-order valence-corrected chi connectivity index (χ2v) is 9.73. The first-order chi connectivity index (χ1) is 13.9. The summed E-state index contributed by atoms with van der Waals surface area (Å²) in [6.07, 6.45) is -3.30. The lowest BCUT2D eigenvalue weighted by Crippen LogP contribution is -2.45. The zero-order valence-electron chi connectivity index (χ0n) is 15.5. The molecule has 0 spiro atoms. The highest BCUT2D eigenvalue weighted by atomic mass is 32.2. The van der Waals surface area contributed by atoms with E-state index in [0.717, 1.165) is 5.56 Å². The molecule has 0 saturated heterocycles. The molecule has 30 heavy (non-hydrogen) atoms. The largest absolute Gasteiger partial charge is 0.523 e. The Hall–Kier alpha value is -2.15. The summed E-state index contributed by atoms with van der Waals surface area (Å²) in [7, 11) is -10.2. The Morgan fingerprint density at radius 1 is 1.03 bits per heavy atom. The highest BCUT2D eigenvalue weighted by Crippen LogP contribution is 2.33. The standard InChI is InChI=1S/C18H17F3O7S2/c1-12-6-8-14(9-7-12)29(22,23)26-11-17-16(28-30(24,25)18(19,20)21)10-13-4-2-3-5-15(13)27-17/h2-9,16-17H,10-11H2,1H3/t16-,17-/m0/s1. The van der Waals surface area contributed by atoms with Crippen LogP contribution in [0.2, 0.25) is 0 Å². The van der Waals surface area contributed by atoms with Gasteiger partial charge in [-0.25, -0.2) is 0 Å². The summed E-state index contributed by atoms with van der Waals surface area (Å²) in [6.45, 7) is 1.01. The van der Waals surface area contributed by atoms with Crippen LogP contribution in [0.1, 0.15) is 11.1 Å². The Balaban J connectivity index is 1.83. The lowest BCUT2D eigenvalue weighted by Gasteiger charge is -2.32. The number of alkyl halides is 3. The first kappa shape index (κ1) is 22.5. The first-order valence-electron chi connectivity index (χ1n) is 8.59. The number of halogens is 3. The number of aryl methyl sites for hydroxylation is 1. The van der Waals surface area contributed by atoms with Gasteiger partial charge >= 0.3 is 15.6 Å². The molecule has 7 nitrogen and oxygen atoms in total. The molecule has 0 saturated carbocycles. The first-order valence-corrected chi connectivity index (χ1v) is 11.4. The third-order valence-corrected chi connectivity index (χ3v) is 6.68. The molecular formula is C18H17F3O7S2. The number of benzene rings is 2. The van der Waals surface area contributed by atoms with Crippen LogP contribution in [0.5, 0.6) is 5.75 Å². The normalized spacial score (nSPS) is 19.7. The van der Waals surface area contributed by atoms with Crippen LogP contribution in [0, 0.1) is 6.92 Å². The van der Waals surface area contributed by atoms with Crippen LogP contribution in [0.25, 0.3) is 0 Å². The van der Waals surface area contributed by atoms with E-state index in [1.165, 1.54) is 24.3 Å². The molecule has 0 N–H and O–H groups in total. The van der Waals surface area contributed by atoms with E-state index in [4.69, 9.17) is 8.92 Å². The van der Waals surface area contributed by atoms with Gasteiger partial charge in [0.15, 0.2) is 6.10 Å². The third-order valence-electron chi connectivity index (χ3n) is 4.32. The van der Waals surface area contributed by atoms with Crippen LogP contribution in [0.15, 0.2) is 53.4 Å². The third kappa shape index (κ3) is 4.94. The van der Waals surface area contributed by atoms with Crippen molar-refractivity contribution >= 4 is 20.2 Å². The molecule has 164 valence electrons. The molecule has 0 aromatic heterocycles. The minimum absolute atomic E-state index is 0.162. The van der Waals surface area contributed by atoms with E-state index in [9.17, 15) is 30.0 Å². The zero-order chi connectivity index (χ0) is 22.2. The van der Waals surface area contributed by atoms with Crippen molar-refractivity contribution < 1.29 is 43.1 Å². The average Bonchev–Trinajstić information content (AvgIpc) is 2.65. The monoisotopic (exact) mass is 466 g/mol. The molecular weight excluding hydrogens is 449 g/mol. The molecule has 2 aromatic carbocycles. The van der Waals surface area contributed by atoms with Crippen molar-refractivity contribution in [2.45, 2.75) is 36.0 Å². The minimum Gasteiger partial charge on any atom is -0.485 e. The maximum atomic E-state index is 12.8. The van der Waals surface area contributed by atoms with E-state index in [2.05, 4.69) is 4.18 Å². The highest BCUT2D eigenvalue weighted by molar-refractivity contribution is 7.87. The number of para-hydroxylation sites is 1. The molecule has 1 aliphatic heterocycles. The fraction of sp³-hybridized carbons (Fsp3) is 0.333. The molecule has 0 radical (unpaired) electrons. The molecule has 0 unspecified atom stereocenters. The average molecular weight is 466 g/mol. The molecule has 0 bridgehead atoms. The van der Waals surface area contributed by atoms with E-state index >= 15 is 0 Å². The van der Waals surface area contributed by atoms with Crippen LogP contribution >= 0.6 is 0 Å². The number of ether oxygens (including phenoxy) is 1. The second kappa shape index (κ2) is 8.17. The predicted octanol–water partition coefficient (Wildman–Crippen LogP) is 2.94. The fourth-order valence-corrected chi connectivity index (χ4v) is 4.30. The van der Waals surface area contributed by atoms with Crippen molar-refractivity contribution in [1.82, 2.24) is 0 Å². The molecule has 1 heterocycles. The molecule has 12 heteroatoms. The Bertz CT molecular complexity index is 1110. The van der Waals surface area contributed by atoms with Gasteiger partial charge in [0, 0.05) is 6.42 Å². The molecule has 1 aliphatic rings. The van der Waals surface area contributed by atoms with E-state index in [1.807, 2.05) is 0 Å². The molecule has 0 aliphatic carbocycles. The van der Waals surface area contributed by atoms with E-state index in [1.54, 1.807) is 31.2 Å². The summed E-state index contributed by atoms with van der Waals surface area (Å²) < 4.78 is 101. The highest BCUT2D eigenvalue weighted by Gasteiger charge is 2.50. The van der Waals surface area contributed by atoms with E-state index in [0.29, 0.717) is 5.56 Å². The summed E-state index contributed by atoms with van der Waals surface area (Å²) in [6, 6.07) is 12.0. The van der Waals surface area contributed by atoms with Crippen LogP contribution in [-0.2, 0) is 35.0 Å². The molecule has 0 amide bonds. The zero-order valence-corrected chi connectivity index (χ0v) is 17.1. The fourth-order valence-electron chi connectivity index (χ4n) is 2.76. The Morgan fingerprint density at radius 2 is 1.67 bits per heavy atom. The smallest absolute Gasteiger partial charge is 0.485 e. The van der Waals surface area contributed by atoms with Gasteiger partial charge in [-0.05, 0) is 30.7 Å². The van der Waals surface area contributed by atoms with Crippen molar-refractivity contribution in [2.75, 3.05) is 6.61 Å². The molecule has 2 atom stereocenters. The van der Waals surface area contributed by atoms with Gasteiger partial charge in [0.1, 0.15) is 18.5 Å². The Labute approximate surface area is 171 Å². The summed E-state index contributed by atoms with van der Waals surface area (Å²) in [5, 5.41) is 0. The summed E-state index contributed by atoms with van der Waals surface area (Å²) in [5.74, 6) is 0.267. The van der Waals surface area contributed by atoms with Crippen molar-refractivity contribution in [3.05, 3.63) is 59.7 Å². The molecule has 2 aromatic rings. The maximum absolute atomic E-state index is 12.8. The van der Waals surface area contributed by atoms with Crippen molar-refractivity contribution in [2.24, 2.45) is 0 Å². The number of fused-ring (bicyclic) bond motifs is 1. The number of hydrogen-bond donors (Lipinski definition) is 0. The van der Waals surface area contributed by atoms with Gasteiger partial charge in [0.05, 0.1) is 4.90 Å².